The van der Waals surface area contributed by atoms with Gasteiger partial charge in [0, 0.05) is 121 Å². The SMILES string of the molecule is C.C.C.C.C.C.C.C.C.C.C.C.C.CC(C)C1CCC(=O)N1.CC(C)C1CCCCN1.CC(C)C1CCCN1.CC(C)C1CCCNC1=O.CC(C)C1CCCO1.CC(C)C1CCc2ccccc2N1.CC(C)C1CCc2ncccc2C1.CC(C)C1COCCN1.CC(C)C1COCN1.CC(C)C1CSCN1.CC(C)C1Cc2ccccc2N1.CC(C)N1CCCC1. The highest BCUT2D eigenvalue weighted by atomic mass is 32.2. The molecular weight excluding hydrogens is 1600 g/mol. The van der Waals surface area contributed by atoms with Crippen LogP contribution in [0.3, 0.4) is 0 Å². The fourth-order valence-electron chi connectivity index (χ4n) is 16.2. The van der Waals surface area contributed by atoms with Gasteiger partial charge in [-0.3, -0.25) is 19.9 Å². The first-order valence-corrected chi connectivity index (χ1v) is 48.0. The average molecular weight is 1830 g/mol. The number of ether oxygens (including phenoxy) is 3. The number of morpholine rings is 1. The monoisotopic (exact) mass is 1830 g/mol. The third kappa shape index (κ3) is 59.1. The molecule has 16 nitrogen and oxygen atoms in total. The van der Waals surface area contributed by atoms with Gasteiger partial charge in [-0.05, 0) is 255 Å². The number of pyridine rings is 1. The lowest BCUT2D eigenvalue weighted by molar-refractivity contribution is -0.128. The van der Waals surface area contributed by atoms with Crippen LogP contribution in [0.2, 0.25) is 0 Å². The Morgan fingerprint density at radius 3 is 1.23 bits per heavy atom. The summed E-state index contributed by atoms with van der Waals surface area (Å²) < 4.78 is 15.8. The second kappa shape index (κ2) is 82.6. The van der Waals surface area contributed by atoms with Gasteiger partial charge in [0.05, 0.1) is 32.7 Å². The highest BCUT2D eigenvalue weighted by Gasteiger charge is 2.28. The molecule has 2 amide bonds. The number of aryl methyl sites for hydroxylation is 2. The Morgan fingerprint density at radius 2 is 0.859 bits per heavy atom. The summed E-state index contributed by atoms with van der Waals surface area (Å²) >= 11 is 2.00. The summed E-state index contributed by atoms with van der Waals surface area (Å²) in [7, 11) is 0. The Balaban J connectivity index is -0.000000148. The van der Waals surface area contributed by atoms with Crippen molar-refractivity contribution in [3.8, 4) is 0 Å². The summed E-state index contributed by atoms with van der Waals surface area (Å²) in [5.41, 5.74) is 8.42. The lowest BCUT2D eigenvalue weighted by atomic mass is 9.80. The maximum atomic E-state index is 11.1. The topological polar surface area (TPSA) is 186 Å². The van der Waals surface area contributed by atoms with E-state index in [0.717, 1.165) is 149 Å². The Morgan fingerprint density at radius 1 is 0.375 bits per heavy atom. The van der Waals surface area contributed by atoms with Crippen molar-refractivity contribution in [2.24, 2.45) is 76.9 Å². The molecule has 128 heavy (non-hydrogen) atoms. The summed E-state index contributed by atoms with van der Waals surface area (Å²) in [5.74, 6) is 12.0. The number of anilines is 2. The van der Waals surface area contributed by atoms with Crippen molar-refractivity contribution < 1.29 is 23.8 Å². The quantitative estimate of drug-likeness (QED) is 0.0833. The third-order valence-electron chi connectivity index (χ3n) is 25.1. The molecule has 11 unspecified atom stereocenters. The minimum atomic E-state index is 0. The molecule has 15 rings (SSSR count). The Hall–Kier alpha value is -3.88. The van der Waals surface area contributed by atoms with Crippen LogP contribution in [-0.4, -0.2) is 166 Å². The number of likely N-dealkylation sites (tertiary alicyclic amines) is 1. The molecule has 1 aliphatic carbocycles. The highest BCUT2D eigenvalue weighted by molar-refractivity contribution is 7.99. The number of benzene rings is 2. The second-order valence-corrected chi connectivity index (χ2v) is 39.6. The lowest BCUT2D eigenvalue weighted by Crippen LogP contribution is -2.44. The maximum absolute atomic E-state index is 11.1. The molecule has 0 radical (unpaired) electrons. The molecule has 0 spiro atoms. The van der Waals surface area contributed by atoms with Gasteiger partial charge in [0.25, 0.3) is 0 Å². The number of nitrogens with one attached hydrogen (secondary N) is 9. The van der Waals surface area contributed by atoms with E-state index in [2.05, 4.69) is 285 Å². The van der Waals surface area contributed by atoms with Crippen molar-refractivity contribution in [2.45, 2.75) is 445 Å². The fraction of sp³-hybridized carbons (Fsp3) is 0.829. The highest BCUT2D eigenvalue weighted by Crippen LogP contribution is 2.32. The molecule has 9 N–H and O–H groups in total. The first-order chi connectivity index (χ1) is 54.9. The number of carbonyl (C=O) groups excluding carboxylic acids is 2. The predicted molar refractivity (Wildman–Crippen MR) is 583 cm³/mol. The third-order valence-corrected chi connectivity index (χ3v) is 26.1. The van der Waals surface area contributed by atoms with Gasteiger partial charge >= 0.3 is 0 Å². The van der Waals surface area contributed by atoms with Crippen LogP contribution in [0.1, 0.15) is 381 Å². The van der Waals surface area contributed by atoms with Crippen molar-refractivity contribution in [3.63, 3.8) is 0 Å². The van der Waals surface area contributed by atoms with Crippen LogP contribution in [0.5, 0.6) is 0 Å². The predicted octanol–water partition coefficient (Wildman–Crippen LogP) is 28.0. The second-order valence-electron chi connectivity index (χ2n) is 38.5. The van der Waals surface area contributed by atoms with Crippen LogP contribution in [0, 0.1) is 76.9 Å². The normalized spacial score (nSPS) is 23.2. The van der Waals surface area contributed by atoms with Gasteiger partial charge in [0.15, 0.2) is 0 Å². The van der Waals surface area contributed by atoms with Crippen LogP contribution in [-0.2, 0) is 49.5 Å². The van der Waals surface area contributed by atoms with Gasteiger partial charge in [0.2, 0.25) is 11.8 Å². The van der Waals surface area contributed by atoms with Gasteiger partial charge in [-0.1, -0.05) is 298 Å². The number of aromatic nitrogens is 1. The number of fused-ring (bicyclic) bond motifs is 3. The van der Waals surface area contributed by atoms with E-state index in [1.807, 2.05) is 18.0 Å². The summed E-state index contributed by atoms with van der Waals surface area (Å²) in [6.45, 7) is 65.1. The van der Waals surface area contributed by atoms with Crippen LogP contribution in [0.25, 0.3) is 0 Å². The van der Waals surface area contributed by atoms with Gasteiger partial charge in [-0.15, -0.1) is 11.8 Å². The van der Waals surface area contributed by atoms with Crippen molar-refractivity contribution in [1.29, 1.82) is 0 Å². The largest absolute Gasteiger partial charge is 0.382 e. The van der Waals surface area contributed by atoms with Crippen LogP contribution in [0.15, 0.2) is 66.9 Å². The molecule has 3 aromatic rings. The van der Waals surface area contributed by atoms with Crippen molar-refractivity contribution in [1.82, 2.24) is 47.1 Å². The average Bonchev–Trinajstić information content (AvgIpc) is 1.36. The lowest BCUT2D eigenvalue weighted by Gasteiger charge is -2.29. The van der Waals surface area contributed by atoms with E-state index in [-0.39, 0.29) is 114 Å². The zero-order chi connectivity index (χ0) is 84.8. The van der Waals surface area contributed by atoms with Crippen molar-refractivity contribution in [2.75, 3.05) is 94.7 Å². The number of rotatable bonds is 12. The molecule has 1 aromatic heterocycles. The Bertz CT molecular complexity index is 2700. The number of para-hydroxylation sites is 2. The Labute approximate surface area is 807 Å². The summed E-state index contributed by atoms with van der Waals surface area (Å²) in [4.78, 5) is 28.7. The molecule has 12 heterocycles. The molecule has 0 saturated carbocycles. The molecule has 766 valence electrons. The number of thioether (sulfide) groups is 1. The summed E-state index contributed by atoms with van der Waals surface area (Å²) in [5, 5.41) is 29.9. The van der Waals surface area contributed by atoms with Gasteiger partial charge < -0.3 is 61.6 Å². The summed E-state index contributed by atoms with van der Waals surface area (Å²) in [6.07, 6.45) is 26.2. The number of hydrogen-bond donors (Lipinski definition) is 9. The molecule has 0 bridgehead atoms. The number of hydrogen-bond acceptors (Lipinski definition) is 15. The standard InChI is InChI=1S/2C12H17N.C11H15N.C8H15NO.C8H17N.C7H15NO.C7H13NO.2C7H15N.C7H14O.C6H13NO.C6H13NS.13CH4/c1-9(2)10-5-6-12-11(8-10)4-3-7-13-12;1-9(2)11-8-7-10-5-3-4-6-12(10)13-11;1-8(2)11-7-9-5-3-4-6-10(9)12-11;1-6(2)7-4-3-5-9-8(7)10;1-7(2)8-5-3-4-6-9-8;1-6(2)7-5-9-4-3-8-7;1-5(2)6-3-4-7(9)8-6;1-7(2)8-5-3-4-6-8;2*1-6(2)7-4-3-5-8-7;2*1-5(2)6-3-8-4-7-6;;;;;;;;;;;;;/h3-4,7,9-10H,5-6,8H2,1-2H3;3-6,9,11,13H,7-8H2,1-2H3;3-6,8,11-12H,7H2,1-2H3;6-7H,3-5H2,1-2H3,(H,9,10);7-9H,3-6H2,1-2H3;6-8H,3-5H2,1-2H3;5-6H,3-4H2,1-2H3,(H,8,9);7H,3-6H2,1-2H3;6-8H,3-5H2,1-2H3;6-7H,3-5H2,1-2H3;2*5-7H,3-4H2,1-2H3;13*1H4. The van der Waals surface area contributed by atoms with E-state index in [0.29, 0.717) is 60.0 Å². The molecule has 17 heteroatoms. The van der Waals surface area contributed by atoms with E-state index in [1.165, 1.54) is 162 Å². The first kappa shape index (κ1) is 144. The van der Waals surface area contributed by atoms with Gasteiger partial charge in [-0.2, -0.15) is 0 Å². The number of amides is 2. The van der Waals surface area contributed by atoms with E-state index in [1.54, 1.807) is 0 Å². The maximum Gasteiger partial charge on any atom is 0.223 e. The fourth-order valence-corrected chi connectivity index (χ4v) is 17.4. The molecular formula is C111H231N11O5S. The minimum Gasteiger partial charge on any atom is -0.382 e. The zero-order valence-corrected chi connectivity index (χ0v) is 78.9. The molecule has 11 atom stereocenters. The molecule has 11 aliphatic heterocycles. The van der Waals surface area contributed by atoms with E-state index in [9.17, 15) is 9.59 Å². The van der Waals surface area contributed by atoms with Crippen LogP contribution in [0.4, 0.5) is 11.4 Å². The number of carbonyl (C=O) groups is 2. The van der Waals surface area contributed by atoms with Gasteiger partial charge in [-0.25, -0.2) is 0 Å². The molecule has 2 aromatic carbocycles. The molecule has 9 fully saturated rings. The van der Waals surface area contributed by atoms with E-state index >= 15 is 0 Å². The smallest absolute Gasteiger partial charge is 0.223 e. The van der Waals surface area contributed by atoms with E-state index in [4.69, 9.17) is 14.2 Å². The van der Waals surface area contributed by atoms with Crippen molar-refractivity contribution in [3.05, 3.63) is 89.2 Å². The van der Waals surface area contributed by atoms with Gasteiger partial charge in [0.1, 0.15) is 0 Å². The zero-order valence-electron chi connectivity index (χ0n) is 78.1. The van der Waals surface area contributed by atoms with Crippen molar-refractivity contribution >= 4 is 35.0 Å². The molecule has 12 aliphatic rings. The minimum absolute atomic E-state index is 0. The Kier molecular flexibility index (Phi) is 93.2. The number of piperidine rings is 2. The first-order valence-electron chi connectivity index (χ1n) is 46.8. The molecule has 9 saturated heterocycles. The van der Waals surface area contributed by atoms with E-state index < -0.39 is 0 Å². The van der Waals surface area contributed by atoms with Crippen LogP contribution >= 0.6 is 11.8 Å². The summed E-state index contributed by atoms with van der Waals surface area (Å²) in [6, 6.07) is 27.6. The number of nitrogens with zero attached hydrogens (tertiary/aromatic N) is 2. The van der Waals surface area contributed by atoms with Crippen LogP contribution < -0.4 is 47.9 Å².